The van der Waals surface area contributed by atoms with E-state index < -0.39 is 0 Å². The van der Waals surface area contributed by atoms with Gasteiger partial charge in [0.25, 0.3) is 0 Å². The third-order valence-electron chi connectivity index (χ3n) is 3.10. The molecule has 18 heavy (non-hydrogen) atoms. The highest BCUT2D eigenvalue weighted by atomic mass is 19.1. The molecule has 0 saturated heterocycles. The molecule has 0 fully saturated rings. The van der Waals surface area contributed by atoms with E-state index in [9.17, 15) is 8.78 Å². The predicted octanol–water partition coefficient (Wildman–Crippen LogP) is 4.75. The summed E-state index contributed by atoms with van der Waals surface area (Å²) < 4.78 is 26.3. The zero-order valence-electron chi connectivity index (χ0n) is 10.5. The minimum absolute atomic E-state index is 0.0845. The van der Waals surface area contributed by atoms with Crippen LogP contribution in [0, 0.1) is 17.6 Å². The molecule has 0 radical (unpaired) electrons. The zero-order chi connectivity index (χ0) is 13.1. The molecule has 2 heteroatoms. The molecule has 2 aromatic rings. The molecule has 0 aliphatic carbocycles. The van der Waals surface area contributed by atoms with Crippen LogP contribution in [0.4, 0.5) is 8.78 Å². The molecule has 1 unspecified atom stereocenters. The van der Waals surface area contributed by atoms with Crippen LogP contribution in [-0.4, -0.2) is 0 Å². The SMILES string of the molecule is CC(C)C(c1ccc(F)cc1)c1cccc(F)c1. The number of rotatable bonds is 3. The van der Waals surface area contributed by atoms with E-state index in [0.717, 1.165) is 11.1 Å². The summed E-state index contributed by atoms with van der Waals surface area (Å²) in [6.07, 6.45) is 0. The van der Waals surface area contributed by atoms with E-state index in [1.54, 1.807) is 24.3 Å². The van der Waals surface area contributed by atoms with Crippen LogP contribution < -0.4 is 0 Å². The Hall–Kier alpha value is -1.70. The lowest BCUT2D eigenvalue weighted by atomic mass is 9.82. The Bertz CT molecular complexity index is 515. The first-order valence-electron chi connectivity index (χ1n) is 6.09. The molecule has 0 aromatic heterocycles. The largest absolute Gasteiger partial charge is 0.207 e. The number of halogens is 2. The van der Waals surface area contributed by atoms with Crippen molar-refractivity contribution in [3.05, 3.63) is 71.3 Å². The summed E-state index contributed by atoms with van der Waals surface area (Å²) in [6, 6.07) is 13.0. The maximum absolute atomic E-state index is 13.3. The average Bonchev–Trinajstić information content (AvgIpc) is 2.32. The Morgan fingerprint density at radius 3 is 2.00 bits per heavy atom. The van der Waals surface area contributed by atoms with Crippen LogP contribution in [0.1, 0.15) is 30.9 Å². The van der Waals surface area contributed by atoms with Crippen LogP contribution in [-0.2, 0) is 0 Å². The fraction of sp³-hybridized carbons (Fsp3) is 0.250. The molecule has 0 spiro atoms. The summed E-state index contributed by atoms with van der Waals surface area (Å²) in [5, 5.41) is 0. The molecular weight excluding hydrogens is 230 g/mol. The van der Waals surface area contributed by atoms with Crippen LogP contribution >= 0.6 is 0 Å². The summed E-state index contributed by atoms with van der Waals surface area (Å²) in [6.45, 7) is 4.16. The first kappa shape index (κ1) is 12.7. The van der Waals surface area contributed by atoms with Gasteiger partial charge in [0.05, 0.1) is 0 Å². The average molecular weight is 246 g/mol. The molecule has 0 heterocycles. The van der Waals surface area contributed by atoms with Gasteiger partial charge in [0.15, 0.2) is 0 Å². The van der Waals surface area contributed by atoms with Crippen LogP contribution in [0.2, 0.25) is 0 Å². The second-order valence-corrected chi connectivity index (χ2v) is 4.83. The van der Waals surface area contributed by atoms with Gasteiger partial charge in [0.1, 0.15) is 11.6 Å². The number of benzene rings is 2. The van der Waals surface area contributed by atoms with Gasteiger partial charge < -0.3 is 0 Å². The highest BCUT2D eigenvalue weighted by molar-refractivity contribution is 5.33. The molecule has 0 amide bonds. The smallest absolute Gasteiger partial charge is 0.123 e. The first-order valence-corrected chi connectivity index (χ1v) is 6.09. The van der Waals surface area contributed by atoms with Crippen molar-refractivity contribution >= 4 is 0 Å². The van der Waals surface area contributed by atoms with E-state index in [1.165, 1.54) is 18.2 Å². The number of hydrogen-bond donors (Lipinski definition) is 0. The summed E-state index contributed by atoms with van der Waals surface area (Å²) in [4.78, 5) is 0. The summed E-state index contributed by atoms with van der Waals surface area (Å²) in [5.74, 6) is -0.0840. The molecule has 0 aliphatic rings. The fourth-order valence-corrected chi connectivity index (χ4v) is 2.33. The minimum atomic E-state index is -0.250. The van der Waals surface area contributed by atoms with Crippen molar-refractivity contribution in [2.45, 2.75) is 19.8 Å². The highest BCUT2D eigenvalue weighted by Crippen LogP contribution is 2.32. The van der Waals surface area contributed by atoms with Gasteiger partial charge in [-0.2, -0.15) is 0 Å². The van der Waals surface area contributed by atoms with Crippen LogP contribution in [0.3, 0.4) is 0 Å². The van der Waals surface area contributed by atoms with Crippen molar-refractivity contribution in [2.75, 3.05) is 0 Å². The molecular formula is C16H16F2. The van der Waals surface area contributed by atoms with Gasteiger partial charge >= 0.3 is 0 Å². The van der Waals surface area contributed by atoms with Crippen LogP contribution in [0.5, 0.6) is 0 Å². The number of hydrogen-bond acceptors (Lipinski definition) is 0. The molecule has 0 nitrogen and oxygen atoms in total. The van der Waals surface area contributed by atoms with Gasteiger partial charge in [-0.3, -0.25) is 0 Å². The molecule has 2 rings (SSSR count). The summed E-state index contributed by atoms with van der Waals surface area (Å²) in [5.41, 5.74) is 1.94. The topological polar surface area (TPSA) is 0 Å². The third-order valence-corrected chi connectivity index (χ3v) is 3.10. The van der Waals surface area contributed by atoms with Crippen molar-refractivity contribution in [1.29, 1.82) is 0 Å². The van der Waals surface area contributed by atoms with Gasteiger partial charge in [-0.25, -0.2) is 8.78 Å². The van der Waals surface area contributed by atoms with E-state index in [0.29, 0.717) is 5.92 Å². The highest BCUT2D eigenvalue weighted by Gasteiger charge is 2.18. The first-order chi connectivity index (χ1) is 8.58. The minimum Gasteiger partial charge on any atom is -0.207 e. The molecule has 0 saturated carbocycles. The quantitative estimate of drug-likeness (QED) is 0.733. The van der Waals surface area contributed by atoms with Crippen molar-refractivity contribution in [3.8, 4) is 0 Å². The fourth-order valence-electron chi connectivity index (χ4n) is 2.33. The van der Waals surface area contributed by atoms with Gasteiger partial charge in [-0.15, -0.1) is 0 Å². The maximum Gasteiger partial charge on any atom is 0.123 e. The molecule has 94 valence electrons. The third kappa shape index (κ3) is 2.76. The lowest BCUT2D eigenvalue weighted by Crippen LogP contribution is -2.08. The lowest BCUT2D eigenvalue weighted by Gasteiger charge is -2.22. The molecule has 2 aromatic carbocycles. The zero-order valence-corrected chi connectivity index (χ0v) is 10.5. The summed E-state index contributed by atoms with van der Waals surface area (Å²) in [7, 11) is 0. The van der Waals surface area contributed by atoms with Crippen LogP contribution in [0.25, 0.3) is 0 Å². The Kier molecular flexibility index (Phi) is 3.75. The Balaban J connectivity index is 2.43. The van der Waals surface area contributed by atoms with Crippen molar-refractivity contribution in [1.82, 2.24) is 0 Å². The van der Waals surface area contributed by atoms with E-state index in [1.807, 2.05) is 6.07 Å². The Labute approximate surface area is 106 Å². The maximum atomic E-state index is 13.3. The molecule has 1 atom stereocenters. The second kappa shape index (κ2) is 5.30. The van der Waals surface area contributed by atoms with Crippen molar-refractivity contribution in [3.63, 3.8) is 0 Å². The van der Waals surface area contributed by atoms with E-state index in [4.69, 9.17) is 0 Å². The monoisotopic (exact) mass is 246 g/mol. The molecule has 0 bridgehead atoms. The van der Waals surface area contributed by atoms with Crippen LogP contribution in [0.15, 0.2) is 48.5 Å². The second-order valence-electron chi connectivity index (χ2n) is 4.83. The normalized spacial score (nSPS) is 12.7. The molecule has 0 aliphatic heterocycles. The van der Waals surface area contributed by atoms with Gasteiger partial charge in [-0.1, -0.05) is 38.1 Å². The standard InChI is InChI=1S/C16H16F2/c1-11(2)16(12-6-8-14(17)9-7-12)13-4-3-5-15(18)10-13/h3-11,16H,1-2H3. The van der Waals surface area contributed by atoms with Gasteiger partial charge in [-0.05, 0) is 41.3 Å². The van der Waals surface area contributed by atoms with Gasteiger partial charge in [0.2, 0.25) is 0 Å². The van der Waals surface area contributed by atoms with Crippen molar-refractivity contribution in [2.24, 2.45) is 5.92 Å². The molecule has 0 N–H and O–H groups in total. The van der Waals surface area contributed by atoms with Gasteiger partial charge in [0, 0.05) is 5.92 Å². The Morgan fingerprint density at radius 1 is 0.778 bits per heavy atom. The Morgan fingerprint density at radius 2 is 1.44 bits per heavy atom. The lowest BCUT2D eigenvalue weighted by molar-refractivity contribution is 0.554. The van der Waals surface area contributed by atoms with E-state index in [-0.39, 0.29) is 17.6 Å². The predicted molar refractivity (Wildman–Crippen MR) is 69.5 cm³/mol. The van der Waals surface area contributed by atoms with Crippen molar-refractivity contribution < 1.29 is 8.78 Å². The van der Waals surface area contributed by atoms with E-state index >= 15 is 0 Å². The summed E-state index contributed by atoms with van der Waals surface area (Å²) >= 11 is 0. The van der Waals surface area contributed by atoms with E-state index in [2.05, 4.69) is 13.8 Å².